The molecule has 0 radical (unpaired) electrons. The molecule has 0 aliphatic rings. The predicted octanol–water partition coefficient (Wildman–Crippen LogP) is 3.73. The predicted molar refractivity (Wildman–Crippen MR) is 113 cm³/mol. The molecule has 0 fully saturated rings. The van der Waals surface area contributed by atoms with Gasteiger partial charge in [-0.15, -0.1) is 0 Å². The van der Waals surface area contributed by atoms with Crippen LogP contribution in [0.15, 0.2) is 79.0 Å². The Bertz CT molecular complexity index is 1270. The van der Waals surface area contributed by atoms with Gasteiger partial charge in [-0.25, -0.2) is 4.98 Å². The van der Waals surface area contributed by atoms with Crippen molar-refractivity contribution >= 4 is 28.7 Å². The number of rotatable bonds is 4. The van der Waals surface area contributed by atoms with Gasteiger partial charge in [0.2, 0.25) is 5.82 Å². The number of hydrogen-bond donors (Lipinski definition) is 1. The normalized spacial score (nSPS) is 10.4. The third-order valence-electron chi connectivity index (χ3n) is 4.67. The number of hydrogen-bond acceptors (Lipinski definition) is 4. The highest BCUT2D eigenvalue weighted by Crippen LogP contribution is 2.19. The zero-order valence-corrected chi connectivity index (χ0v) is 16.1. The van der Waals surface area contributed by atoms with Crippen LogP contribution in [0.25, 0.3) is 5.52 Å². The Hall–Kier alpha value is -4.44. The smallest absolute Gasteiger partial charge is 0.294 e. The minimum atomic E-state index is -0.440. The summed E-state index contributed by atoms with van der Waals surface area (Å²) in [6.07, 6.45) is 1.70. The zero-order valence-electron chi connectivity index (χ0n) is 16.1. The Labute approximate surface area is 172 Å². The number of benzene rings is 2. The molecule has 0 spiro atoms. The van der Waals surface area contributed by atoms with Crippen molar-refractivity contribution in [1.82, 2.24) is 9.38 Å². The maximum absolute atomic E-state index is 13.1. The lowest BCUT2D eigenvalue weighted by Crippen LogP contribution is -2.28. The number of para-hydroxylation sites is 1. The highest BCUT2D eigenvalue weighted by molar-refractivity contribution is 6.10. The van der Waals surface area contributed by atoms with E-state index in [4.69, 9.17) is 5.26 Å². The third-order valence-corrected chi connectivity index (χ3v) is 4.67. The van der Waals surface area contributed by atoms with Crippen molar-refractivity contribution in [2.75, 3.05) is 17.3 Å². The van der Waals surface area contributed by atoms with Crippen LogP contribution in [0.3, 0.4) is 0 Å². The zero-order chi connectivity index (χ0) is 21.1. The first-order chi connectivity index (χ1) is 14.6. The molecule has 146 valence electrons. The van der Waals surface area contributed by atoms with Gasteiger partial charge >= 0.3 is 0 Å². The molecule has 0 unspecified atom stereocenters. The van der Waals surface area contributed by atoms with Crippen LogP contribution >= 0.6 is 0 Å². The van der Waals surface area contributed by atoms with Gasteiger partial charge in [0.15, 0.2) is 5.69 Å². The van der Waals surface area contributed by atoms with Gasteiger partial charge < -0.3 is 10.2 Å². The molecule has 7 nitrogen and oxygen atoms in total. The number of amides is 2. The third kappa shape index (κ3) is 3.50. The number of nitrogens with zero attached hydrogens (tertiary/aromatic N) is 4. The standard InChI is InChI=1S/C23H17N5O2/c1-27(18-7-3-2-4-8-18)23(30)21-26-20(19-9-5-6-14-28(19)21)22(29)25-17-12-10-16(15-24)11-13-17/h2-14H,1H3,(H,25,29). The summed E-state index contributed by atoms with van der Waals surface area (Å²) in [5, 5.41) is 11.7. The molecule has 1 N–H and O–H groups in total. The van der Waals surface area contributed by atoms with Gasteiger partial charge in [-0.3, -0.25) is 14.0 Å². The first-order valence-corrected chi connectivity index (χ1v) is 9.20. The van der Waals surface area contributed by atoms with Gasteiger partial charge in [0, 0.05) is 24.6 Å². The fraction of sp³-hybridized carbons (Fsp3) is 0.0435. The van der Waals surface area contributed by atoms with E-state index in [2.05, 4.69) is 10.3 Å². The van der Waals surface area contributed by atoms with Crippen LogP contribution < -0.4 is 10.2 Å². The maximum atomic E-state index is 13.1. The van der Waals surface area contributed by atoms with Crippen LogP contribution in [0.4, 0.5) is 11.4 Å². The van der Waals surface area contributed by atoms with Gasteiger partial charge in [0.05, 0.1) is 17.1 Å². The molecule has 4 rings (SSSR count). The quantitative estimate of drug-likeness (QED) is 0.570. The Kier molecular flexibility index (Phi) is 4.97. The lowest BCUT2D eigenvalue weighted by Gasteiger charge is -2.16. The summed E-state index contributed by atoms with van der Waals surface area (Å²) in [6.45, 7) is 0. The minimum absolute atomic E-state index is 0.141. The van der Waals surface area contributed by atoms with Crippen molar-refractivity contribution < 1.29 is 9.59 Å². The lowest BCUT2D eigenvalue weighted by atomic mass is 10.2. The molecule has 0 saturated heterocycles. The number of anilines is 2. The average molecular weight is 395 g/mol. The molecule has 7 heteroatoms. The molecule has 2 aromatic heterocycles. The number of carbonyl (C=O) groups is 2. The molecular weight excluding hydrogens is 378 g/mol. The van der Waals surface area contributed by atoms with Crippen molar-refractivity contribution in [3.8, 4) is 6.07 Å². The molecular formula is C23H17N5O2. The van der Waals surface area contributed by atoms with E-state index in [-0.39, 0.29) is 17.4 Å². The SMILES string of the molecule is CN(C(=O)c1nc(C(=O)Nc2ccc(C#N)cc2)c2ccccn12)c1ccccc1. The van der Waals surface area contributed by atoms with Crippen molar-refractivity contribution in [3.63, 3.8) is 0 Å². The highest BCUT2D eigenvalue weighted by Gasteiger charge is 2.24. The van der Waals surface area contributed by atoms with Crippen LogP contribution in [0, 0.1) is 11.3 Å². The van der Waals surface area contributed by atoms with Crippen molar-refractivity contribution in [2.45, 2.75) is 0 Å². The average Bonchev–Trinajstić information content (AvgIpc) is 3.19. The number of imidazole rings is 1. The van der Waals surface area contributed by atoms with E-state index >= 15 is 0 Å². The highest BCUT2D eigenvalue weighted by atomic mass is 16.2. The van der Waals surface area contributed by atoms with E-state index in [1.165, 1.54) is 4.90 Å². The number of nitrogens with one attached hydrogen (secondary N) is 1. The Balaban J connectivity index is 1.69. The molecule has 2 amide bonds. The second kappa shape index (κ2) is 7.89. The Morgan fingerprint density at radius 2 is 1.70 bits per heavy atom. The maximum Gasteiger partial charge on any atom is 0.294 e. The number of aromatic nitrogens is 2. The van der Waals surface area contributed by atoms with E-state index in [0.717, 1.165) is 5.69 Å². The summed E-state index contributed by atoms with van der Waals surface area (Å²) < 4.78 is 1.61. The van der Waals surface area contributed by atoms with E-state index in [0.29, 0.717) is 16.8 Å². The number of fused-ring (bicyclic) bond motifs is 1. The fourth-order valence-corrected chi connectivity index (χ4v) is 3.09. The lowest BCUT2D eigenvalue weighted by molar-refractivity contribution is 0.0982. The van der Waals surface area contributed by atoms with E-state index < -0.39 is 5.91 Å². The van der Waals surface area contributed by atoms with Crippen LogP contribution in [-0.2, 0) is 0 Å². The first-order valence-electron chi connectivity index (χ1n) is 9.20. The fourth-order valence-electron chi connectivity index (χ4n) is 3.09. The van der Waals surface area contributed by atoms with E-state index in [1.807, 2.05) is 36.4 Å². The summed E-state index contributed by atoms with van der Waals surface area (Å²) in [7, 11) is 1.66. The number of pyridine rings is 1. The van der Waals surface area contributed by atoms with E-state index in [1.54, 1.807) is 60.1 Å². The van der Waals surface area contributed by atoms with E-state index in [9.17, 15) is 9.59 Å². The molecule has 2 aromatic carbocycles. The number of carbonyl (C=O) groups excluding carboxylic acids is 2. The molecule has 0 aliphatic carbocycles. The molecule has 30 heavy (non-hydrogen) atoms. The molecule has 0 atom stereocenters. The topological polar surface area (TPSA) is 90.5 Å². The summed E-state index contributed by atoms with van der Waals surface area (Å²) in [4.78, 5) is 31.8. The molecule has 0 saturated carbocycles. The first kappa shape index (κ1) is 18.9. The van der Waals surface area contributed by atoms with Crippen LogP contribution in [0.1, 0.15) is 26.7 Å². The van der Waals surface area contributed by atoms with Gasteiger partial charge in [-0.1, -0.05) is 24.3 Å². The van der Waals surface area contributed by atoms with Crippen LogP contribution in [0.2, 0.25) is 0 Å². The molecule has 0 aliphatic heterocycles. The second-order valence-corrected chi connectivity index (χ2v) is 6.58. The van der Waals surface area contributed by atoms with Gasteiger partial charge in [0.1, 0.15) is 0 Å². The van der Waals surface area contributed by atoms with Gasteiger partial charge in [-0.05, 0) is 48.5 Å². The van der Waals surface area contributed by atoms with Crippen molar-refractivity contribution in [3.05, 3.63) is 96.1 Å². The monoisotopic (exact) mass is 395 g/mol. The summed E-state index contributed by atoms with van der Waals surface area (Å²) >= 11 is 0. The van der Waals surface area contributed by atoms with Crippen LogP contribution in [0.5, 0.6) is 0 Å². The largest absolute Gasteiger partial charge is 0.321 e. The molecule has 0 bridgehead atoms. The molecule has 2 heterocycles. The second-order valence-electron chi connectivity index (χ2n) is 6.58. The van der Waals surface area contributed by atoms with Crippen molar-refractivity contribution in [1.29, 1.82) is 5.26 Å². The number of nitriles is 1. The Morgan fingerprint density at radius 1 is 1.00 bits per heavy atom. The summed E-state index contributed by atoms with van der Waals surface area (Å²) in [5.74, 6) is -0.633. The van der Waals surface area contributed by atoms with Crippen LogP contribution in [-0.4, -0.2) is 28.2 Å². The summed E-state index contributed by atoms with van der Waals surface area (Å²) in [5.41, 5.74) is 2.42. The Morgan fingerprint density at radius 3 is 2.40 bits per heavy atom. The van der Waals surface area contributed by atoms with Gasteiger partial charge in [0.25, 0.3) is 11.8 Å². The minimum Gasteiger partial charge on any atom is -0.321 e. The van der Waals surface area contributed by atoms with Gasteiger partial charge in [-0.2, -0.15) is 5.26 Å². The summed E-state index contributed by atoms with van der Waals surface area (Å²) in [6, 6.07) is 23.1. The van der Waals surface area contributed by atoms with Crippen molar-refractivity contribution in [2.24, 2.45) is 0 Å². The molecule has 4 aromatic rings.